The van der Waals surface area contributed by atoms with Crippen LogP contribution in [0.15, 0.2) is 24.3 Å². The van der Waals surface area contributed by atoms with Crippen molar-refractivity contribution in [3.8, 4) is 0 Å². The third-order valence-electron chi connectivity index (χ3n) is 3.07. The van der Waals surface area contributed by atoms with Crippen LogP contribution in [0, 0.1) is 0 Å². The van der Waals surface area contributed by atoms with E-state index in [2.05, 4.69) is 0 Å². The van der Waals surface area contributed by atoms with Gasteiger partial charge in [0.05, 0.1) is 6.42 Å². The standard InChI is InChI=1S/C15H20ClNO2/c1-3-17(4-2)15(19)11-14(18)10-7-12-5-8-13(16)9-6-12/h5-6,8-9H,3-4,7,10-11H2,1-2H3. The number of ketones is 1. The summed E-state index contributed by atoms with van der Waals surface area (Å²) in [5.41, 5.74) is 1.06. The number of aryl methyl sites for hydroxylation is 1. The van der Waals surface area contributed by atoms with E-state index < -0.39 is 0 Å². The number of nitrogens with zero attached hydrogens (tertiary/aromatic N) is 1. The normalized spacial score (nSPS) is 10.3. The fourth-order valence-corrected chi connectivity index (χ4v) is 2.01. The molecule has 1 rings (SSSR count). The Kier molecular flexibility index (Phi) is 6.57. The molecule has 0 aliphatic heterocycles. The molecule has 0 saturated carbocycles. The molecular weight excluding hydrogens is 262 g/mol. The molecule has 0 aromatic heterocycles. The zero-order chi connectivity index (χ0) is 14.3. The van der Waals surface area contributed by atoms with Gasteiger partial charge in [-0.25, -0.2) is 0 Å². The quantitative estimate of drug-likeness (QED) is 0.720. The Hall–Kier alpha value is -1.35. The van der Waals surface area contributed by atoms with Gasteiger partial charge < -0.3 is 4.90 Å². The molecule has 19 heavy (non-hydrogen) atoms. The van der Waals surface area contributed by atoms with Crippen molar-refractivity contribution in [3.63, 3.8) is 0 Å². The zero-order valence-corrected chi connectivity index (χ0v) is 12.2. The molecule has 1 amide bonds. The number of hydrogen-bond donors (Lipinski definition) is 0. The lowest BCUT2D eigenvalue weighted by Gasteiger charge is -2.17. The van der Waals surface area contributed by atoms with E-state index in [4.69, 9.17) is 11.6 Å². The lowest BCUT2D eigenvalue weighted by Crippen LogP contribution is -2.32. The van der Waals surface area contributed by atoms with E-state index in [9.17, 15) is 9.59 Å². The lowest BCUT2D eigenvalue weighted by molar-refractivity contribution is -0.135. The van der Waals surface area contributed by atoms with Crippen molar-refractivity contribution in [3.05, 3.63) is 34.9 Å². The molecule has 1 aromatic rings. The molecule has 1 aromatic carbocycles. The van der Waals surface area contributed by atoms with Gasteiger partial charge in [-0.1, -0.05) is 23.7 Å². The molecule has 0 radical (unpaired) electrons. The van der Waals surface area contributed by atoms with Gasteiger partial charge in [0.1, 0.15) is 5.78 Å². The van der Waals surface area contributed by atoms with E-state index in [1.165, 1.54) is 0 Å². The molecule has 0 spiro atoms. The Labute approximate surface area is 119 Å². The zero-order valence-electron chi connectivity index (χ0n) is 11.5. The van der Waals surface area contributed by atoms with Gasteiger partial charge >= 0.3 is 0 Å². The Morgan fingerprint density at radius 3 is 2.21 bits per heavy atom. The largest absolute Gasteiger partial charge is 0.343 e. The average Bonchev–Trinajstić information content (AvgIpc) is 2.39. The average molecular weight is 282 g/mol. The Morgan fingerprint density at radius 2 is 1.68 bits per heavy atom. The van der Waals surface area contributed by atoms with Crippen LogP contribution in [0.3, 0.4) is 0 Å². The summed E-state index contributed by atoms with van der Waals surface area (Å²) >= 11 is 5.79. The maximum atomic E-state index is 11.8. The second-order valence-electron chi connectivity index (χ2n) is 4.41. The first-order valence-electron chi connectivity index (χ1n) is 6.60. The molecule has 0 saturated heterocycles. The van der Waals surface area contributed by atoms with Crippen LogP contribution in [-0.2, 0) is 16.0 Å². The van der Waals surface area contributed by atoms with Gasteiger partial charge in [0.2, 0.25) is 5.91 Å². The number of rotatable bonds is 7. The van der Waals surface area contributed by atoms with Gasteiger partial charge in [0.15, 0.2) is 0 Å². The summed E-state index contributed by atoms with van der Waals surface area (Å²) < 4.78 is 0. The van der Waals surface area contributed by atoms with Gasteiger partial charge in [0.25, 0.3) is 0 Å². The summed E-state index contributed by atoms with van der Waals surface area (Å²) in [7, 11) is 0. The molecule has 0 atom stereocenters. The van der Waals surface area contributed by atoms with Gasteiger partial charge in [-0.3, -0.25) is 9.59 Å². The van der Waals surface area contributed by atoms with Crippen LogP contribution >= 0.6 is 11.6 Å². The van der Waals surface area contributed by atoms with E-state index in [0.717, 1.165) is 5.56 Å². The van der Waals surface area contributed by atoms with Crippen molar-refractivity contribution in [2.24, 2.45) is 0 Å². The number of Topliss-reactive ketones (excluding diaryl/α,β-unsaturated/α-hetero) is 1. The monoisotopic (exact) mass is 281 g/mol. The highest BCUT2D eigenvalue weighted by Gasteiger charge is 2.14. The number of amides is 1. The van der Waals surface area contributed by atoms with Crippen molar-refractivity contribution in [2.45, 2.75) is 33.1 Å². The number of benzene rings is 1. The molecule has 0 bridgehead atoms. The highest BCUT2D eigenvalue weighted by atomic mass is 35.5. The summed E-state index contributed by atoms with van der Waals surface area (Å²) in [6.07, 6.45) is 1.06. The molecular formula is C15H20ClNO2. The molecule has 0 aliphatic carbocycles. The minimum absolute atomic E-state index is 0.00755. The summed E-state index contributed by atoms with van der Waals surface area (Å²) in [5, 5.41) is 0.687. The van der Waals surface area contributed by atoms with Crippen molar-refractivity contribution in [1.82, 2.24) is 4.90 Å². The van der Waals surface area contributed by atoms with Gasteiger partial charge in [0, 0.05) is 24.5 Å². The van der Waals surface area contributed by atoms with Crippen molar-refractivity contribution in [2.75, 3.05) is 13.1 Å². The predicted octanol–water partition coefficient (Wildman–Crippen LogP) is 3.10. The Bertz CT molecular complexity index is 424. The summed E-state index contributed by atoms with van der Waals surface area (Å²) in [6.45, 7) is 5.14. The molecule has 0 N–H and O–H groups in total. The smallest absolute Gasteiger partial charge is 0.229 e. The third kappa shape index (κ3) is 5.43. The molecule has 0 unspecified atom stereocenters. The van der Waals surface area contributed by atoms with Crippen molar-refractivity contribution >= 4 is 23.3 Å². The molecule has 4 heteroatoms. The number of carbonyl (C=O) groups excluding carboxylic acids is 2. The van der Waals surface area contributed by atoms with Crippen LogP contribution in [0.25, 0.3) is 0 Å². The molecule has 0 heterocycles. The van der Waals surface area contributed by atoms with Crippen LogP contribution in [0.2, 0.25) is 5.02 Å². The predicted molar refractivity (Wildman–Crippen MR) is 77.3 cm³/mol. The van der Waals surface area contributed by atoms with Gasteiger partial charge in [-0.2, -0.15) is 0 Å². The van der Waals surface area contributed by atoms with Crippen LogP contribution in [0.1, 0.15) is 32.3 Å². The van der Waals surface area contributed by atoms with E-state index in [1.807, 2.05) is 38.1 Å². The fraction of sp³-hybridized carbons (Fsp3) is 0.467. The second kappa shape index (κ2) is 7.95. The summed E-state index contributed by atoms with van der Waals surface area (Å²) in [6, 6.07) is 7.43. The Balaban J connectivity index is 2.39. The van der Waals surface area contributed by atoms with Gasteiger partial charge in [-0.05, 0) is 38.0 Å². The van der Waals surface area contributed by atoms with E-state index in [1.54, 1.807) is 4.90 Å². The topological polar surface area (TPSA) is 37.4 Å². The minimum Gasteiger partial charge on any atom is -0.343 e. The fourth-order valence-electron chi connectivity index (χ4n) is 1.88. The molecule has 0 aliphatic rings. The summed E-state index contributed by atoms with van der Waals surface area (Å²) in [4.78, 5) is 25.2. The van der Waals surface area contributed by atoms with Crippen molar-refractivity contribution in [1.29, 1.82) is 0 Å². The first-order valence-corrected chi connectivity index (χ1v) is 6.98. The van der Waals surface area contributed by atoms with E-state index in [0.29, 0.717) is 31.0 Å². The number of halogens is 1. The number of hydrogen-bond acceptors (Lipinski definition) is 2. The first-order chi connectivity index (χ1) is 9.06. The minimum atomic E-state index is -0.0777. The van der Waals surface area contributed by atoms with E-state index >= 15 is 0 Å². The van der Waals surface area contributed by atoms with Crippen LogP contribution in [0.4, 0.5) is 0 Å². The lowest BCUT2D eigenvalue weighted by atomic mass is 10.1. The number of carbonyl (C=O) groups is 2. The molecule has 3 nitrogen and oxygen atoms in total. The third-order valence-corrected chi connectivity index (χ3v) is 3.32. The summed E-state index contributed by atoms with van der Waals surface area (Å²) in [5.74, 6) is -0.0852. The highest BCUT2D eigenvalue weighted by molar-refractivity contribution is 6.30. The molecule has 0 fully saturated rings. The van der Waals surface area contributed by atoms with Crippen LogP contribution in [-0.4, -0.2) is 29.7 Å². The maximum absolute atomic E-state index is 11.8. The Morgan fingerprint density at radius 1 is 1.11 bits per heavy atom. The maximum Gasteiger partial charge on any atom is 0.229 e. The van der Waals surface area contributed by atoms with Gasteiger partial charge in [-0.15, -0.1) is 0 Å². The highest BCUT2D eigenvalue weighted by Crippen LogP contribution is 2.11. The molecule has 104 valence electrons. The SMILES string of the molecule is CCN(CC)C(=O)CC(=O)CCc1ccc(Cl)cc1. The van der Waals surface area contributed by atoms with Crippen LogP contribution in [0.5, 0.6) is 0 Å². The van der Waals surface area contributed by atoms with E-state index in [-0.39, 0.29) is 18.1 Å². The first kappa shape index (κ1) is 15.7. The second-order valence-corrected chi connectivity index (χ2v) is 4.84. The van der Waals surface area contributed by atoms with Crippen molar-refractivity contribution < 1.29 is 9.59 Å². The van der Waals surface area contributed by atoms with Crippen LogP contribution < -0.4 is 0 Å².